The fourth-order valence-corrected chi connectivity index (χ4v) is 2.70. The van der Waals surface area contributed by atoms with Crippen LogP contribution < -0.4 is 10.1 Å². The minimum atomic E-state index is -4.44. The highest BCUT2D eigenvalue weighted by Gasteiger charge is 2.35. The Balaban J connectivity index is 1.57. The molecule has 1 aliphatic heterocycles. The summed E-state index contributed by atoms with van der Waals surface area (Å²) in [4.78, 5) is 15.7. The van der Waals surface area contributed by atoms with Gasteiger partial charge in [0.2, 0.25) is 5.88 Å². The number of aromatic nitrogens is 4. The average Bonchev–Trinajstić information content (AvgIpc) is 3.03. The molecule has 1 atom stereocenters. The first-order chi connectivity index (χ1) is 11.9. The Morgan fingerprint density at radius 2 is 2.20 bits per heavy atom. The third-order valence-electron chi connectivity index (χ3n) is 4.01. The molecule has 0 fully saturated rings. The molecule has 0 aromatic carbocycles. The number of methoxy groups -OCH3 is 1. The molecule has 0 aliphatic carbocycles. The number of rotatable bonds is 4. The van der Waals surface area contributed by atoms with Crippen molar-refractivity contribution in [3.8, 4) is 5.88 Å². The maximum absolute atomic E-state index is 12.7. The number of hydrogen-bond acceptors (Lipinski definition) is 5. The maximum Gasteiger partial charge on any atom is 0.434 e. The van der Waals surface area contributed by atoms with Gasteiger partial charge in [-0.05, 0) is 18.4 Å². The molecule has 0 bridgehead atoms. The quantitative estimate of drug-likeness (QED) is 0.903. The van der Waals surface area contributed by atoms with Gasteiger partial charge in [0.05, 0.1) is 7.11 Å². The molecule has 7 nitrogen and oxygen atoms in total. The summed E-state index contributed by atoms with van der Waals surface area (Å²) < 4.78 is 44.5. The monoisotopic (exact) mass is 355 g/mol. The first kappa shape index (κ1) is 17.2. The number of halogens is 3. The van der Waals surface area contributed by atoms with E-state index in [-0.39, 0.29) is 17.5 Å². The first-order valence-corrected chi connectivity index (χ1v) is 7.66. The number of nitrogens with one attached hydrogen (secondary N) is 1. The van der Waals surface area contributed by atoms with Crippen molar-refractivity contribution in [2.75, 3.05) is 13.7 Å². The van der Waals surface area contributed by atoms with Crippen molar-refractivity contribution < 1.29 is 22.7 Å². The highest BCUT2D eigenvalue weighted by atomic mass is 19.4. The summed E-state index contributed by atoms with van der Waals surface area (Å²) in [6.07, 6.45) is -2.32. The van der Waals surface area contributed by atoms with Crippen molar-refractivity contribution in [1.29, 1.82) is 0 Å². The van der Waals surface area contributed by atoms with E-state index in [9.17, 15) is 18.0 Å². The van der Waals surface area contributed by atoms with Crippen LogP contribution in [-0.4, -0.2) is 39.3 Å². The van der Waals surface area contributed by atoms with Gasteiger partial charge in [0.1, 0.15) is 5.82 Å². The molecule has 2 aromatic heterocycles. The third kappa shape index (κ3) is 3.89. The fourth-order valence-electron chi connectivity index (χ4n) is 2.70. The lowest BCUT2D eigenvalue weighted by atomic mass is 9.99. The highest BCUT2D eigenvalue weighted by Crippen LogP contribution is 2.30. The predicted molar refractivity (Wildman–Crippen MR) is 80.0 cm³/mol. The van der Waals surface area contributed by atoms with Crippen molar-refractivity contribution >= 4 is 5.91 Å². The van der Waals surface area contributed by atoms with Gasteiger partial charge in [-0.1, -0.05) is 0 Å². The molecule has 1 amide bonds. The summed E-state index contributed by atoms with van der Waals surface area (Å²) in [6, 6.07) is 3.02. The molecule has 25 heavy (non-hydrogen) atoms. The fraction of sp³-hybridized carbons (Fsp3) is 0.467. The lowest BCUT2D eigenvalue weighted by Crippen LogP contribution is -2.34. The second kappa shape index (κ2) is 6.69. The van der Waals surface area contributed by atoms with Gasteiger partial charge >= 0.3 is 6.18 Å². The summed E-state index contributed by atoms with van der Waals surface area (Å²) in [5, 5.41) is 10.2. The lowest BCUT2D eigenvalue weighted by Gasteiger charge is -2.23. The molecule has 10 heteroatoms. The van der Waals surface area contributed by atoms with Gasteiger partial charge in [0.15, 0.2) is 11.4 Å². The van der Waals surface area contributed by atoms with Crippen LogP contribution in [0.5, 0.6) is 5.88 Å². The van der Waals surface area contributed by atoms with Crippen LogP contribution in [0, 0.1) is 5.92 Å². The van der Waals surface area contributed by atoms with E-state index in [0.717, 1.165) is 6.20 Å². The van der Waals surface area contributed by atoms with Crippen molar-refractivity contribution in [3.05, 3.63) is 35.5 Å². The van der Waals surface area contributed by atoms with E-state index in [2.05, 4.69) is 20.5 Å². The van der Waals surface area contributed by atoms with Gasteiger partial charge in [-0.25, -0.2) is 4.98 Å². The molecule has 0 radical (unpaired) electrons. The molecule has 3 heterocycles. The molecule has 1 N–H and O–H groups in total. The molecule has 0 saturated heterocycles. The van der Waals surface area contributed by atoms with Gasteiger partial charge in [-0.2, -0.15) is 13.2 Å². The second-order valence-corrected chi connectivity index (χ2v) is 5.77. The molecular weight excluding hydrogens is 339 g/mol. The van der Waals surface area contributed by atoms with Crippen LogP contribution in [-0.2, 0) is 19.1 Å². The van der Waals surface area contributed by atoms with Gasteiger partial charge in [0, 0.05) is 31.8 Å². The Kier molecular flexibility index (Phi) is 4.60. The van der Waals surface area contributed by atoms with Gasteiger partial charge in [0.25, 0.3) is 5.91 Å². The van der Waals surface area contributed by atoms with Crippen LogP contribution in [0.4, 0.5) is 13.2 Å². The van der Waals surface area contributed by atoms with E-state index >= 15 is 0 Å². The van der Waals surface area contributed by atoms with Gasteiger partial charge in [-0.15, -0.1) is 10.2 Å². The third-order valence-corrected chi connectivity index (χ3v) is 4.01. The molecule has 0 spiro atoms. The average molecular weight is 355 g/mol. The number of fused-ring (bicyclic) bond motifs is 1. The predicted octanol–water partition coefficient (Wildman–Crippen LogP) is 1.69. The molecular formula is C15H16F3N5O2. The van der Waals surface area contributed by atoms with Crippen LogP contribution in [0.25, 0.3) is 0 Å². The summed E-state index contributed by atoms with van der Waals surface area (Å²) in [6.45, 7) is 0.721. The zero-order valence-electron chi connectivity index (χ0n) is 13.4. The van der Waals surface area contributed by atoms with Crippen LogP contribution in [0.15, 0.2) is 18.3 Å². The number of amides is 1. The van der Waals surface area contributed by atoms with E-state index in [1.54, 1.807) is 0 Å². The SMILES string of the molecule is COc1ccc(C(=O)NCC2CCc3nc(C(F)(F)F)cn3C2)nn1. The van der Waals surface area contributed by atoms with Gasteiger partial charge in [-0.3, -0.25) is 4.79 Å². The first-order valence-electron chi connectivity index (χ1n) is 7.66. The van der Waals surface area contributed by atoms with Crippen molar-refractivity contribution in [2.45, 2.75) is 25.6 Å². The maximum atomic E-state index is 12.7. The zero-order chi connectivity index (χ0) is 18.0. The van der Waals surface area contributed by atoms with Gasteiger partial charge < -0.3 is 14.6 Å². The number of imidazole rings is 1. The Labute approximate surface area is 141 Å². The van der Waals surface area contributed by atoms with E-state index < -0.39 is 11.9 Å². The van der Waals surface area contributed by atoms with Crippen molar-refractivity contribution in [2.24, 2.45) is 5.92 Å². The normalized spacial score (nSPS) is 17.0. The molecule has 3 rings (SSSR count). The summed E-state index contributed by atoms with van der Waals surface area (Å²) in [7, 11) is 1.45. The summed E-state index contributed by atoms with van der Waals surface area (Å²) >= 11 is 0. The second-order valence-electron chi connectivity index (χ2n) is 5.77. The van der Waals surface area contributed by atoms with Crippen molar-refractivity contribution in [3.63, 3.8) is 0 Å². The van der Waals surface area contributed by atoms with E-state index in [1.807, 2.05) is 0 Å². The Morgan fingerprint density at radius 3 is 2.84 bits per heavy atom. The summed E-state index contributed by atoms with van der Waals surface area (Å²) in [5.74, 6) is 0.369. The minimum absolute atomic E-state index is 0.0259. The Morgan fingerprint density at radius 1 is 1.40 bits per heavy atom. The van der Waals surface area contributed by atoms with Crippen LogP contribution >= 0.6 is 0 Å². The number of ether oxygens (including phenoxy) is 1. The molecule has 134 valence electrons. The molecule has 1 aliphatic rings. The topological polar surface area (TPSA) is 81.9 Å². The minimum Gasteiger partial charge on any atom is -0.480 e. The van der Waals surface area contributed by atoms with Crippen LogP contribution in [0.2, 0.25) is 0 Å². The van der Waals surface area contributed by atoms with E-state index in [0.29, 0.717) is 37.6 Å². The van der Waals surface area contributed by atoms with E-state index in [1.165, 1.54) is 23.8 Å². The highest BCUT2D eigenvalue weighted by molar-refractivity contribution is 5.92. The van der Waals surface area contributed by atoms with Crippen LogP contribution in [0.1, 0.15) is 28.4 Å². The molecule has 1 unspecified atom stereocenters. The Bertz CT molecular complexity index is 758. The summed E-state index contributed by atoms with van der Waals surface area (Å²) in [5.41, 5.74) is -0.722. The number of carbonyl (C=O) groups is 1. The van der Waals surface area contributed by atoms with Crippen LogP contribution in [0.3, 0.4) is 0 Å². The largest absolute Gasteiger partial charge is 0.480 e. The number of nitrogens with zero attached hydrogens (tertiary/aromatic N) is 4. The van der Waals surface area contributed by atoms with Crippen molar-refractivity contribution in [1.82, 2.24) is 25.1 Å². The number of alkyl halides is 3. The zero-order valence-corrected chi connectivity index (χ0v) is 13.4. The Hall–Kier alpha value is -2.65. The molecule has 0 saturated carbocycles. The number of hydrogen-bond donors (Lipinski definition) is 1. The standard InChI is InChI=1S/C15H16F3N5O2/c1-25-13-5-3-10(21-22-13)14(24)19-6-9-2-4-12-20-11(15(16,17)18)8-23(12)7-9/h3,5,8-9H,2,4,6-7H2,1H3,(H,19,24). The smallest absolute Gasteiger partial charge is 0.434 e. The lowest BCUT2D eigenvalue weighted by molar-refractivity contribution is -0.141. The molecule has 2 aromatic rings. The number of carbonyl (C=O) groups excluding carboxylic acids is 1. The number of aryl methyl sites for hydroxylation is 1. The van der Waals surface area contributed by atoms with E-state index in [4.69, 9.17) is 4.74 Å².